The van der Waals surface area contributed by atoms with Crippen molar-refractivity contribution >= 4 is 0 Å². The molecule has 1 aliphatic heterocycles. The standard InChI is InChI=1S/C15H27N3O/c1-12(2)18-11-16-9-14(18)10-17(5)13-6-7-19-15(3,4)8-13/h9,11-13H,6-8,10H2,1-5H3/t13-/m0/s1. The van der Waals surface area contributed by atoms with E-state index in [1.807, 2.05) is 12.5 Å². The molecule has 1 aromatic heterocycles. The van der Waals surface area contributed by atoms with Gasteiger partial charge in [-0.05, 0) is 47.6 Å². The first-order chi connectivity index (χ1) is 8.89. The minimum absolute atomic E-state index is 0.00939. The summed E-state index contributed by atoms with van der Waals surface area (Å²) in [6.45, 7) is 10.6. The Morgan fingerprint density at radius 3 is 2.89 bits per heavy atom. The van der Waals surface area contributed by atoms with E-state index in [0.29, 0.717) is 12.1 Å². The lowest BCUT2D eigenvalue weighted by Crippen LogP contribution is -2.44. The summed E-state index contributed by atoms with van der Waals surface area (Å²) in [4.78, 5) is 6.73. The summed E-state index contributed by atoms with van der Waals surface area (Å²) in [5.41, 5.74) is 1.30. The van der Waals surface area contributed by atoms with Crippen LogP contribution in [0.4, 0.5) is 0 Å². The van der Waals surface area contributed by atoms with Crippen molar-refractivity contribution in [1.82, 2.24) is 14.5 Å². The molecule has 4 nitrogen and oxygen atoms in total. The van der Waals surface area contributed by atoms with Gasteiger partial charge in [0.1, 0.15) is 0 Å². The molecule has 19 heavy (non-hydrogen) atoms. The topological polar surface area (TPSA) is 30.3 Å². The van der Waals surface area contributed by atoms with Gasteiger partial charge in [-0.25, -0.2) is 4.98 Å². The molecule has 0 aliphatic carbocycles. The third kappa shape index (κ3) is 3.57. The fourth-order valence-corrected chi connectivity index (χ4v) is 2.88. The Hall–Kier alpha value is -0.870. The second kappa shape index (κ2) is 5.63. The largest absolute Gasteiger partial charge is 0.375 e. The van der Waals surface area contributed by atoms with Gasteiger partial charge in [-0.2, -0.15) is 0 Å². The molecule has 1 saturated heterocycles. The smallest absolute Gasteiger partial charge is 0.0951 e. The van der Waals surface area contributed by atoms with Crippen molar-refractivity contribution in [1.29, 1.82) is 0 Å². The van der Waals surface area contributed by atoms with E-state index in [2.05, 4.69) is 49.2 Å². The van der Waals surface area contributed by atoms with Crippen molar-refractivity contribution in [3.63, 3.8) is 0 Å². The van der Waals surface area contributed by atoms with E-state index in [1.165, 1.54) is 5.69 Å². The van der Waals surface area contributed by atoms with Crippen LogP contribution in [0.25, 0.3) is 0 Å². The highest BCUT2D eigenvalue weighted by atomic mass is 16.5. The predicted octanol–water partition coefficient (Wildman–Crippen LogP) is 2.85. The van der Waals surface area contributed by atoms with Crippen LogP contribution >= 0.6 is 0 Å². The van der Waals surface area contributed by atoms with E-state index in [1.54, 1.807) is 0 Å². The van der Waals surface area contributed by atoms with Crippen LogP contribution in [-0.4, -0.2) is 39.7 Å². The van der Waals surface area contributed by atoms with Gasteiger partial charge in [-0.3, -0.25) is 4.90 Å². The molecule has 2 heterocycles. The molecule has 1 aliphatic rings. The molecule has 108 valence electrons. The first-order valence-electron chi connectivity index (χ1n) is 7.24. The van der Waals surface area contributed by atoms with E-state index in [0.717, 1.165) is 26.0 Å². The van der Waals surface area contributed by atoms with Crippen LogP contribution in [0.1, 0.15) is 52.3 Å². The van der Waals surface area contributed by atoms with Crippen LogP contribution in [0.2, 0.25) is 0 Å². The van der Waals surface area contributed by atoms with E-state index < -0.39 is 0 Å². The van der Waals surface area contributed by atoms with Crippen molar-refractivity contribution in [2.45, 2.75) is 64.8 Å². The molecule has 1 fully saturated rings. The van der Waals surface area contributed by atoms with Crippen LogP contribution in [0.15, 0.2) is 12.5 Å². The van der Waals surface area contributed by atoms with Gasteiger partial charge in [-0.1, -0.05) is 0 Å². The van der Waals surface area contributed by atoms with Gasteiger partial charge in [-0.15, -0.1) is 0 Å². The number of imidazole rings is 1. The van der Waals surface area contributed by atoms with Crippen molar-refractivity contribution in [3.8, 4) is 0 Å². The van der Waals surface area contributed by atoms with Gasteiger partial charge in [0.2, 0.25) is 0 Å². The Balaban J connectivity index is 2.00. The van der Waals surface area contributed by atoms with E-state index in [4.69, 9.17) is 4.74 Å². The highest BCUT2D eigenvalue weighted by Gasteiger charge is 2.31. The first kappa shape index (κ1) is 14.5. The third-order valence-corrected chi connectivity index (χ3v) is 4.01. The molecule has 0 radical (unpaired) electrons. The Morgan fingerprint density at radius 2 is 2.26 bits per heavy atom. The number of hydrogen-bond donors (Lipinski definition) is 0. The lowest BCUT2D eigenvalue weighted by atomic mass is 9.93. The molecule has 0 aromatic carbocycles. The predicted molar refractivity (Wildman–Crippen MR) is 77.1 cm³/mol. The molecule has 0 saturated carbocycles. The molecular weight excluding hydrogens is 238 g/mol. The summed E-state index contributed by atoms with van der Waals surface area (Å²) in [5.74, 6) is 0. The second-order valence-electron chi connectivity index (χ2n) is 6.56. The molecule has 0 N–H and O–H groups in total. The van der Waals surface area contributed by atoms with Crippen LogP contribution < -0.4 is 0 Å². The Kier molecular flexibility index (Phi) is 4.31. The third-order valence-electron chi connectivity index (χ3n) is 4.01. The quantitative estimate of drug-likeness (QED) is 0.838. The van der Waals surface area contributed by atoms with Crippen LogP contribution in [0.3, 0.4) is 0 Å². The van der Waals surface area contributed by atoms with Crippen molar-refractivity contribution < 1.29 is 4.74 Å². The minimum atomic E-state index is 0.00939. The Morgan fingerprint density at radius 1 is 1.53 bits per heavy atom. The van der Waals surface area contributed by atoms with Gasteiger partial charge in [0.25, 0.3) is 0 Å². The van der Waals surface area contributed by atoms with E-state index in [9.17, 15) is 0 Å². The van der Waals surface area contributed by atoms with E-state index in [-0.39, 0.29) is 5.60 Å². The number of ether oxygens (including phenoxy) is 1. The average Bonchev–Trinajstić information content (AvgIpc) is 2.75. The Bertz CT molecular complexity index is 411. The minimum Gasteiger partial charge on any atom is -0.375 e. The summed E-state index contributed by atoms with van der Waals surface area (Å²) in [6.07, 6.45) is 6.14. The maximum absolute atomic E-state index is 5.80. The van der Waals surface area contributed by atoms with Crippen LogP contribution in [0.5, 0.6) is 0 Å². The number of hydrogen-bond acceptors (Lipinski definition) is 3. The molecule has 2 rings (SSSR count). The number of aromatic nitrogens is 2. The maximum Gasteiger partial charge on any atom is 0.0951 e. The second-order valence-corrected chi connectivity index (χ2v) is 6.56. The Labute approximate surface area is 116 Å². The van der Waals surface area contributed by atoms with Gasteiger partial charge in [0.05, 0.1) is 17.6 Å². The van der Waals surface area contributed by atoms with Gasteiger partial charge in [0.15, 0.2) is 0 Å². The zero-order valence-electron chi connectivity index (χ0n) is 12.9. The molecule has 4 heteroatoms. The average molecular weight is 265 g/mol. The first-order valence-corrected chi connectivity index (χ1v) is 7.24. The SMILES string of the molecule is CC(C)n1cncc1CN(C)[C@H]1CCOC(C)(C)C1. The zero-order valence-corrected chi connectivity index (χ0v) is 12.9. The summed E-state index contributed by atoms with van der Waals surface area (Å²) < 4.78 is 8.05. The molecular formula is C15H27N3O. The van der Waals surface area contributed by atoms with Gasteiger partial charge in [0, 0.05) is 31.4 Å². The molecule has 0 spiro atoms. The fourth-order valence-electron chi connectivity index (χ4n) is 2.88. The number of nitrogens with zero attached hydrogens (tertiary/aromatic N) is 3. The lowest BCUT2D eigenvalue weighted by molar-refractivity contribution is -0.0811. The molecule has 1 aromatic rings. The summed E-state index contributed by atoms with van der Waals surface area (Å²) in [5, 5.41) is 0. The fraction of sp³-hybridized carbons (Fsp3) is 0.800. The van der Waals surface area contributed by atoms with Crippen molar-refractivity contribution in [2.75, 3.05) is 13.7 Å². The van der Waals surface area contributed by atoms with Crippen molar-refractivity contribution in [3.05, 3.63) is 18.2 Å². The van der Waals surface area contributed by atoms with E-state index >= 15 is 0 Å². The van der Waals surface area contributed by atoms with Crippen LogP contribution in [0, 0.1) is 0 Å². The monoisotopic (exact) mass is 265 g/mol. The van der Waals surface area contributed by atoms with Gasteiger partial charge >= 0.3 is 0 Å². The van der Waals surface area contributed by atoms with Crippen LogP contribution in [-0.2, 0) is 11.3 Å². The highest BCUT2D eigenvalue weighted by Crippen LogP contribution is 2.27. The zero-order chi connectivity index (χ0) is 14.0. The lowest BCUT2D eigenvalue weighted by Gasteiger charge is -2.39. The molecule has 1 atom stereocenters. The maximum atomic E-state index is 5.80. The molecule has 0 bridgehead atoms. The highest BCUT2D eigenvalue weighted by molar-refractivity contribution is 5.00. The molecule has 0 unspecified atom stereocenters. The summed E-state index contributed by atoms with van der Waals surface area (Å²) >= 11 is 0. The van der Waals surface area contributed by atoms with Gasteiger partial charge < -0.3 is 9.30 Å². The molecule has 0 amide bonds. The normalized spacial score (nSPS) is 23.2. The van der Waals surface area contributed by atoms with Crippen molar-refractivity contribution in [2.24, 2.45) is 0 Å². The number of rotatable bonds is 4. The summed E-state index contributed by atoms with van der Waals surface area (Å²) in [7, 11) is 2.21. The summed E-state index contributed by atoms with van der Waals surface area (Å²) in [6, 6.07) is 1.07.